The second-order valence-corrected chi connectivity index (χ2v) is 8.77. The first-order valence-electron chi connectivity index (χ1n) is 10.8. The van der Waals surface area contributed by atoms with Crippen molar-refractivity contribution in [3.63, 3.8) is 0 Å². The van der Waals surface area contributed by atoms with Gasteiger partial charge in [0.2, 0.25) is 0 Å². The molecule has 0 atom stereocenters. The molecule has 4 aromatic rings. The topological polar surface area (TPSA) is 30.7 Å². The molecule has 0 amide bonds. The lowest BCUT2D eigenvalue weighted by atomic mass is 9.97. The number of nitrogens with zero attached hydrogens (tertiary/aromatic N) is 3. The van der Waals surface area contributed by atoms with Crippen LogP contribution in [-0.4, -0.2) is 14.8 Å². The Morgan fingerprint density at radius 2 is 0.970 bits per heavy atom. The van der Waals surface area contributed by atoms with Gasteiger partial charge in [0.15, 0.2) is 11.6 Å². The molecular formula is C27H26F3N3. The summed E-state index contributed by atoms with van der Waals surface area (Å²) in [7, 11) is 0. The lowest BCUT2D eigenvalue weighted by Gasteiger charge is -2.17. The van der Waals surface area contributed by atoms with Crippen LogP contribution in [0.4, 0.5) is 13.2 Å². The van der Waals surface area contributed by atoms with Crippen LogP contribution in [0.25, 0.3) is 28.5 Å². The van der Waals surface area contributed by atoms with Crippen molar-refractivity contribution in [3.8, 4) is 28.5 Å². The molecule has 0 aliphatic carbocycles. The Labute approximate surface area is 191 Å². The maximum Gasteiger partial charge on any atom is 0.416 e. The molecule has 0 aliphatic heterocycles. The van der Waals surface area contributed by atoms with E-state index in [0.29, 0.717) is 17.3 Å². The molecule has 1 aromatic heterocycles. The van der Waals surface area contributed by atoms with E-state index in [1.54, 1.807) is 0 Å². The van der Waals surface area contributed by atoms with Crippen LogP contribution in [0.3, 0.4) is 0 Å². The molecule has 0 bridgehead atoms. The second-order valence-electron chi connectivity index (χ2n) is 8.77. The third kappa shape index (κ3) is 4.17. The minimum absolute atomic E-state index is 0.580. The molecule has 0 N–H and O–H groups in total. The first-order valence-corrected chi connectivity index (χ1v) is 10.8. The van der Waals surface area contributed by atoms with Crippen LogP contribution in [0.1, 0.15) is 38.9 Å². The molecule has 6 heteroatoms. The Morgan fingerprint density at radius 1 is 0.606 bits per heavy atom. The number of benzene rings is 3. The van der Waals surface area contributed by atoms with Gasteiger partial charge in [0.1, 0.15) is 0 Å². The average Bonchev–Trinajstić information content (AvgIpc) is 3.10. The van der Waals surface area contributed by atoms with Gasteiger partial charge < -0.3 is 0 Å². The first-order chi connectivity index (χ1) is 15.5. The van der Waals surface area contributed by atoms with E-state index in [2.05, 4.69) is 34.5 Å². The smallest absolute Gasteiger partial charge is 0.275 e. The van der Waals surface area contributed by atoms with Crippen molar-refractivity contribution in [2.24, 2.45) is 0 Å². The van der Waals surface area contributed by atoms with Gasteiger partial charge in [0.05, 0.1) is 5.56 Å². The van der Waals surface area contributed by atoms with E-state index in [1.807, 2.05) is 46.1 Å². The molecule has 3 aromatic carbocycles. The van der Waals surface area contributed by atoms with E-state index < -0.39 is 11.7 Å². The highest BCUT2D eigenvalue weighted by Gasteiger charge is 2.30. The van der Waals surface area contributed by atoms with Gasteiger partial charge in [-0.2, -0.15) is 13.2 Å². The van der Waals surface area contributed by atoms with Crippen molar-refractivity contribution in [1.29, 1.82) is 0 Å². The van der Waals surface area contributed by atoms with Crippen LogP contribution >= 0.6 is 0 Å². The van der Waals surface area contributed by atoms with Crippen molar-refractivity contribution in [1.82, 2.24) is 14.8 Å². The number of alkyl halides is 3. The van der Waals surface area contributed by atoms with Gasteiger partial charge in [-0.05, 0) is 88.1 Å². The van der Waals surface area contributed by atoms with Gasteiger partial charge in [-0.15, -0.1) is 10.2 Å². The molecule has 0 unspecified atom stereocenters. The molecule has 33 heavy (non-hydrogen) atoms. The quantitative estimate of drug-likeness (QED) is 0.325. The molecule has 1 heterocycles. The van der Waals surface area contributed by atoms with Crippen LogP contribution < -0.4 is 0 Å². The molecular weight excluding hydrogens is 423 g/mol. The van der Waals surface area contributed by atoms with Crippen molar-refractivity contribution in [2.75, 3.05) is 0 Å². The monoisotopic (exact) mass is 449 g/mol. The van der Waals surface area contributed by atoms with Gasteiger partial charge in [-0.25, -0.2) is 0 Å². The number of hydrogen-bond acceptors (Lipinski definition) is 2. The Morgan fingerprint density at radius 3 is 1.30 bits per heavy atom. The molecule has 3 nitrogen and oxygen atoms in total. The lowest BCUT2D eigenvalue weighted by Crippen LogP contribution is -2.07. The van der Waals surface area contributed by atoms with Gasteiger partial charge in [-0.3, -0.25) is 4.57 Å². The average molecular weight is 450 g/mol. The fourth-order valence-electron chi connectivity index (χ4n) is 4.72. The summed E-state index contributed by atoms with van der Waals surface area (Å²) in [5.74, 6) is 1.22. The predicted molar refractivity (Wildman–Crippen MR) is 126 cm³/mol. The summed E-state index contributed by atoms with van der Waals surface area (Å²) in [6, 6.07) is 13.5. The fraction of sp³-hybridized carbons (Fsp3) is 0.259. The van der Waals surface area contributed by atoms with Crippen molar-refractivity contribution >= 4 is 0 Å². The van der Waals surface area contributed by atoms with Gasteiger partial charge in [-0.1, -0.05) is 35.4 Å². The largest absolute Gasteiger partial charge is 0.416 e. The Balaban J connectivity index is 2.03. The van der Waals surface area contributed by atoms with Gasteiger partial charge >= 0.3 is 6.18 Å². The number of rotatable bonds is 3. The molecule has 0 saturated carbocycles. The summed E-state index contributed by atoms with van der Waals surface area (Å²) >= 11 is 0. The number of hydrogen-bond donors (Lipinski definition) is 0. The minimum Gasteiger partial charge on any atom is -0.275 e. The first kappa shape index (κ1) is 22.8. The summed E-state index contributed by atoms with van der Waals surface area (Å²) in [4.78, 5) is 0. The predicted octanol–water partition coefficient (Wildman–Crippen LogP) is 7.47. The van der Waals surface area contributed by atoms with E-state index >= 15 is 0 Å². The van der Waals surface area contributed by atoms with E-state index in [-0.39, 0.29) is 0 Å². The molecule has 4 rings (SSSR count). The summed E-state index contributed by atoms with van der Waals surface area (Å²) in [5, 5.41) is 9.11. The van der Waals surface area contributed by atoms with Crippen LogP contribution in [0.2, 0.25) is 0 Å². The maximum atomic E-state index is 13.2. The van der Waals surface area contributed by atoms with Crippen LogP contribution in [-0.2, 0) is 6.18 Å². The van der Waals surface area contributed by atoms with Crippen molar-refractivity contribution < 1.29 is 13.2 Å². The zero-order chi connectivity index (χ0) is 24.1. The third-order valence-electron chi connectivity index (χ3n) is 5.92. The van der Waals surface area contributed by atoms with E-state index in [4.69, 9.17) is 0 Å². The normalized spacial score (nSPS) is 11.8. The summed E-state index contributed by atoms with van der Waals surface area (Å²) < 4.78 is 41.5. The number of halogens is 3. The van der Waals surface area contributed by atoms with Gasteiger partial charge in [0.25, 0.3) is 0 Å². The van der Waals surface area contributed by atoms with E-state index in [1.165, 1.54) is 12.1 Å². The fourth-order valence-corrected chi connectivity index (χ4v) is 4.72. The van der Waals surface area contributed by atoms with E-state index in [0.717, 1.165) is 56.6 Å². The zero-order valence-corrected chi connectivity index (χ0v) is 19.6. The minimum atomic E-state index is -4.40. The molecule has 0 spiro atoms. The number of aromatic nitrogens is 3. The van der Waals surface area contributed by atoms with Gasteiger partial charge in [0, 0.05) is 16.8 Å². The van der Waals surface area contributed by atoms with Crippen molar-refractivity contribution in [3.05, 3.63) is 87.5 Å². The molecule has 170 valence electrons. The molecule has 0 radical (unpaired) electrons. The van der Waals surface area contributed by atoms with Crippen LogP contribution in [0.15, 0.2) is 48.5 Å². The molecule has 0 aliphatic rings. The molecule has 0 fully saturated rings. The third-order valence-corrected chi connectivity index (χ3v) is 5.92. The van der Waals surface area contributed by atoms with Crippen LogP contribution in [0, 0.1) is 41.5 Å². The highest BCUT2D eigenvalue weighted by atomic mass is 19.4. The van der Waals surface area contributed by atoms with E-state index in [9.17, 15) is 13.2 Å². The summed E-state index contributed by atoms with van der Waals surface area (Å²) in [5.41, 5.74) is 8.19. The standard InChI is InChI=1S/C27H26F3N3/c1-15-11-17(3)23(18(4)12-15)25-31-32-26(24-19(5)13-16(2)14-20(24)6)33(25)22-9-7-21(8-10-22)27(28,29)30/h7-14H,1-6H3. The number of aryl methyl sites for hydroxylation is 6. The highest BCUT2D eigenvalue weighted by Crippen LogP contribution is 2.36. The van der Waals surface area contributed by atoms with Crippen molar-refractivity contribution in [2.45, 2.75) is 47.7 Å². The Bertz CT molecular complexity index is 1230. The second kappa shape index (κ2) is 8.18. The summed E-state index contributed by atoms with van der Waals surface area (Å²) in [6.07, 6.45) is -4.40. The summed E-state index contributed by atoms with van der Waals surface area (Å²) in [6.45, 7) is 12.1. The van der Waals surface area contributed by atoms with Crippen LogP contribution in [0.5, 0.6) is 0 Å². The maximum absolute atomic E-state index is 13.2. The SMILES string of the molecule is Cc1cc(C)c(-c2nnc(-c3c(C)cc(C)cc3C)n2-c2ccc(C(F)(F)F)cc2)c(C)c1. The Kier molecular flexibility index (Phi) is 5.64. The lowest BCUT2D eigenvalue weighted by molar-refractivity contribution is -0.137. The highest BCUT2D eigenvalue weighted by molar-refractivity contribution is 5.74. The Hall–Kier alpha value is -3.41. The zero-order valence-electron chi connectivity index (χ0n) is 19.6. The molecule has 0 saturated heterocycles.